The zero-order chi connectivity index (χ0) is 21.3. The molecule has 0 fully saturated rings. The van der Waals surface area contributed by atoms with E-state index >= 15 is 0 Å². The number of hydrogen-bond acceptors (Lipinski definition) is 5. The number of cyclic esters (lactones) is 1. The van der Waals surface area contributed by atoms with E-state index in [4.69, 9.17) is 9.47 Å². The molecule has 0 spiro atoms. The summed E-state index contributed by atoms with van der Waals surface area (Å²) in [6.07, 6.45) is 7.80. The summed E-state index contributed by atoms with van der Waals surface area (Å²) in [5.74, 6) is 0.701. The fourth-order valence-corrected chi connectivity index (χ4v) is 3.15. The van der Waals surface area contributed by atoms with Crippen molar-refractivity contribution >= 4 is 23.6 Å². The van der Waals surface area contributed by atoms with Gasteiger partial charge in [-0.05, 0) is 54.5 Å². The van der Waals surface area contributed by atoms with E-state index in [2.05, 4.69) is 11.9 Å². The highest BCUT2D eigenvalue weighted by atomic mass is 16.6. The van der Waals surface area contributed by atoms with E-state index in [0.29, 0.717) is 11.6 Å². The van der Waals surface area contributed by atoms with Gasteiger partial charge in [-0.3, -0.25) is 0 Å². The number of hydrogen-bond donors (Lipinski definition) is 0. The summed E-state index contributed by atoms with van der Waals surface area (Å²) in [7, 11) is 3.98. The van der Waals surface area contributed by atoms with Gasteiger partial charge in [0.15, 0.2) is 5.70 Å². The molecule has 1 aliphatic heterocycles. The van der Waals surface area contributed by atoms with Crippen LogP contribution in [0.15, 0.2) is 59.2 Å². The normalized spacial score (nSPS) is 14.6. The molecule has 0 bridgehead atoms. The Bertz CT molecular complexity index is 897. The maximum atomic E-state index is 12.2. The Hall–Kier alpha value is -3.08. The number of carbonyl (C=O) groups excluding carboxylic acids is 1. The largest absolute Gasteiger partial charge is 0.494 e. The summed E-state index contributed by atoms with van der Waals surface area (Å²) in [4.78, 5) is 18.6. The summed E-state index contributed by atoms with van der Waals surface area (Å²) >= 11 is 0. The molecule has 0 radical (unpaired) electrons. The summed E-state index contributed by atoms with van der Waals surface area (Å²) in [5.41, 5.74) is 3.05. The van der Waals surface area contributed by atoms with E-state index in [1.54, 1.807) is 6.08 Å². The lowest BCUT2D eigenvalue weighted by atomic mass is 10.1. The highest BCUT2D eigenvalue weighted by Gasteiger charge is 2.24. The Balaban J connectivity index is 1.60. The highest BCUT2D eigenvalue weighted by molar-refractivity contribution is 6.12. The highest BCUT2D eigenvalue weighted by Crippen LogP contribution is 2.22. The van der Waals surface area contributed by atoms with Crippen LogP contribution in [0.2, 0.25) is 0 Å². The number of unbranched alkanes of at least 4 members (excludes halogenated alkanes) is 4. The fourth-order valence-electron chi connectivity index (χ4n) is 3.15. The van der Waals surface area contributed by atoms with Crippen molar-refractivity contribution in [1.82, 2.24) is 0 Å². The smallest absolute Gasteiger partial charge is 0.363 e. The van der Waals surface area contributed by atoms with E-state index < -0.39 is 5.97 Å². The predicted molar refractivity (Wildman–Crippen MR) is 122 cm³/mol. The molecule has 0 aromatic heterocycles. The zero-order valence-electron chi connectivity index (χ0n) is 18.1. The molecular formula is C25H30N2O3. The third kappa shape index (κ3) is 5.96. The molecule has 0 saturated heterocycles. The van der Waals surface area contributed by atoms with Gasteiger partial charge in [-0.15, -0.1) is 0 Å². The molecule has 0 unspecified atom stereocenters. The maximum Gasteiger partial charge on any atom is 0.363 e. The number of benzene rings is 2. The molecule has 5 heteroatoms. The van der Waals surface area contributed by atoms with E-state index in [1.165, 1.54) is 25.7 Å². The van der Waals surface area contributed by atoms with Gasteiger partial charge in [-0.25, -0.2) is 9.79 Å². The second-order valence-electron chi connectivity index (χ2n) is 7.61. The van der Waals surface area contributed by atoms with Gasteiger partial charge in [0, 0.05) is 25.3 Å². The Morgan fingerprint density at radius 3 is 2.33 bits per heavy atom. The third-order valence-electron chi connectivity index (χ3n) is 4.95. The van der Waals surface area contributed by atoms with E-state index in [1.807, 2.05) is 67.5 Å². The quantitative estimate of drug-likeness (QED) is 0.299. The van der Waals surface area contributed by atoms with Crippen molar-refractivity contribution in [3.05, 3.63) is 65.4 Å². The molecule has 1 heterocycles. The average Bonchev–Trinajstić information content (AvgIpc) is 3.11. The Morgan fingerprint density at radius 1 is 0.967 bits per heavy atom. The van der Waals surface area contributed by atoms with Crippen LogP contribution >= 0.6 is 0 Å². The first-order chi connectivity index (χ1) is 14.6. The van der Waals surface area contributed by atoms with Crippen molar-refractivity contribution in [2.24, 2.45) is 4.99 Å². The number of carbonyl (C=O) groups is 1. The van der Waals surface area contributed by atoms with Crippen LogP contribution in [-0.4, -0.2) is 32.6 Å². The molecule has 5 nitrogen and oxygen atoms in total. The van der Waals surface area contributed by atoms with Crippen molar-refractivity contribution < 1.29 is 14.3 Å². The first-order valence-corrected chi connectivity index (χ1v) is 10.6. The van der Waals surface area contributed by atoms with Crippen LogP contribution < -0.4 is 9.64 Å². The van der Waals surface area contributed by atoms with E-state index in [0.717, 1.165) is 35.6 Å². The monoisotopic (exact) mass is 406 g/mol. The number of ether oxygens (including phenoxy) is 2. The third-order valence-corrected chi connectivity index (χ3v) is 4.95. The minimum Gasteiger partial charge on any atom is -0.494 e. The lowest BCUT2D eigenvalue weighted by Gasteiger charge is -2.11. The second-order valence-corrected chi connectivity index (χ2v) is 7.61. The van der Waals surface area contributed by atoms with Crippen LogP contribution in [0, 0.1) is 0 Å². The van der Waals surface area contributed by atoms with Crippen LogP contribution in [0.3, 0.4) is 0 Å². The van der Waals surface area contributed by atoms with Crippen molar-refractivity contribution in [3.63, 3.8) is 0 Å². The topological polar surface area (TPSA) is 51.1 Å². The molecule has 2 aromatic rings. The minimum atomic E-state index is -0.436. The molecule has 158 valence electrons. The van der Waals surface area contributed by atoms with Crippen LogP contribution in [-0.2, 0) is 9.53 Å². The molecule has 0 aliphatic carbocycles. The number of anilines is 1. The minimum absolute atomic E-state index is 0.301. The summed E-state index contributed by atoms with van der Waals surface area (Å²) in [6.45, 7) is 2.93. The van der Waals surface area contributed by atoms with Gasteiger partial charge >= 0.3 is 5.97 Å². The van der Waals surface area contributed by atoms with Crippen molar-refractivity contribution in [3.8, 4) is 5.75 Å². The van der Waals surface area contributed by atoms with Gasteiger partial charge in [0.1, 0.15) is 5.75 Å². The molecule has 0 atom stereocenters. The molecule has 0 saturated carbocycles. The number of rotatable bonds is 10. The summed E-state index contributed by atoms with van der Waals surface area (Å²) in [6, 6.07) is 15.4. The molecular weight excluding hydrogens is 376 g/mol. The number of nitrogens with zero attached hydrogens (tertiary/aromatic N) is 2. The lowest BCUT2D eigenvalue weighted by Crippen LogP contribution is -2.08. The molecule has 0 N–H and O–H groups in total. The average molecular weight is 407 g/mol. The van der Waals surface area contributed by atoms with Gasteiger partial charge in [-0.2, -0.15) is 0 Å². The number of aliphatic imine (C=N–C) groups is 1. The Morgan fingerprint density at radius 2 is 1.67 bits per heavy atom. The molecule has 2 aromatic carbocycles. The summed E-state index contributed by atoms with van der Waals surface area (Å²) in [5, 5.41) is 0. The standard InChI is InChI=1S/C25H30N2O3/c1-4-5-6-7-8-17-29-22-15-11-20(12-16-22)24-26-23(25(28)30-24)18-19-9-13-21(14-10-19)27(2)3/h9-16,18H,4-8,17H2,1-3H3. The first kappa shape index (κ1) is 21.6. The van der Waals surface area contributed by atoms with E-state index in [9.17, 15) is 4.79 Å². The van der Waals surface area contributed by atoms with Gasteiger partial charge in [0.2, 0.25) is 5.90 Å². The molecule has 1 aliphatic rings. The summed E-state index contributed by atoms with van der Waals surface area (Å²) < 4.78 is 11.2. The van der Waals surface area contributed by atoms with Gasteiger partial charge in [0.25, 0.3) is 0 Å². The fraction of sp³-hybridized carbons (Fsp3) is 0.360. The second kappa shape index (κ2) is 10.6. The van der Waals surface area contributed by atoms with Crippen molar-refractivity contribution in [2.45, 2.75) is 39.0 Å². The van der Waals surface area contributed by atoms with Crippen LogP contribution in [0.1, 0.15) is 50.2 Å². The SMILES string of the molecule is CCCCCCCOc1ccc(C2=NC(=Cc3ccc(N(C)C)cc3)C(=O)O2)cc1. The van der Waals surface area contributed by atoms with Crippen LogP contribution in [0.4, 0.5) is 5.69 Å². The van der Waals surface area contributed by atoms with Gasteiger partial charge in [-0.1, -0.05) is 44.7 Å². The van der Waals surface area contributed by atoms with Crippen LogP contribution in [0.5, 0.6) is 5.75 Å². The lowest BCUT2D eigenvalue weighted by molar-refractivity contribution is -0.129. The first-order valence-electron chi connectivity index (χ1n) is 10.6. The zero-order valence-corrected chi connectivity index (χ0v) is 18.1. The maximum absolute atomic E-state index is 12.2. The predicted octanol–water partition coefficient (Wildman–Crippen LogP) is 5.45. The molecule has 30 heavy (non-hydrogen) atoms. The number of esters is 1. The van der Waals surface area contributed by atoms with Crippen LogP contribution in [0.25, 0.3) is 6.08 Å². The molecule has 3 rings (SSSR count). The van der Waals surface area contributed by atoms with Gasteiger partial charge < -0.3 is 14.4 Å². The van der Waals surface area contributed by atoms with Gasteiger partial charge in [0.05, 0.1) is 6.61 Å². The Labute approximate surface area is 179 Å². The van der Waals surface area contributed by atoms with Crippen molar-refractivity contribution in [1.29, 1.82) is 0 Å². The van der Waals surface area contributed by atoms with E-state index in [-0.39, 0.29) is 0 Å². The molecule has 0 amide bonds. The Kier molecular flexibility index (Phi) is 7.66. The van der Waals surface area contributed by atoms with Crippen molar-refractivity contribution in [2.75, 3.05) is 25.6 Å².